The lowest BCUT2D eigenvalue weighted by atomic mass is 9.97. The summed E-state index contributed by atoms with van der Waals surface area (Å²) in [6.07, 6.45) is 0.887. The van der Waals surface area contributed by atoms with Crippen molar-refractivity contribution in [1.29, 1.82) is 0 Å². The van der Waals surface area contributed by atoms with Gasteiger partial charge in [-0.15, -0.1) is 11.8 Å². The van der Waals surface area contributed by atoms with Crippen LogP contribution < -0.4 is 20.1 Å². The molecular weight excluding hydrogens is 743 g/mol. The molecular formula is C40H47N5O8S2. The Morgan fingerprint density at radius 1 is 0.945 bits per heavy atom. The van der Waals surface area contributed by atoms with Gasteiger partial charge in [-0.3, -0.25) is 24.5 Å². The molecule has 4 aromatic carbocycles. The molecule has 0 aromatic heterocycles. The molecule has 3 N–H and O–H groups in total. The van der Waals surface area contributed by atoms with Gasteiger partial charge in [0.25, 0.3) is 21.6 Å². The number of hydrogen-bond acceptors (Lipinski definition) is 10. The molecule has 0 unspecified atom stereocenters. The van der Waals surface area contributed by atoms with Crippen LogP contribution in [0.2, 0.25) is 0 Å². The first kappa shape index (κ1) is 42.3. The maximum absolute atomic E-state index is 13.3. The van der Waals surface area contributed by atoms with Crippen LogP contribution in [0.25, 0.3) is 11.1 Å². The minimum Gasteiger partial charge on any atom is -0.496 e. The molecule has 4 rings (SSSR count). The van der Waals surface area contributed by atoms with Gasteiger partial charge in [0.15, 0.2) is 0 Å². The van der Waals surface area contributed by atoms with Crippen LogP contribution in [0.15, 0.2) is 101 Å². The van der Waals surface area contributed by atoms with Crippen LogP contribution in [0.5, 0.6) is 5.75 Å². The summed E-state index contributed by atoms with van der Waals surface area (Å²) in [6, 6.07) is 24.1. The number of hydrogen-bond donors (Lipinski definition) is 3. The molecule has 0 saturated heterocycles. The zero-order chi connectivity index (χ0) is 40.3. The first-order chi connectivity index (χ1) is 26.0. The van der Waals surface area contributed by atoms with Gasteiger partial charge < -0.3 is 20.3 Å². The summed E-state index contributed by atoms with van der Waals surface area (Å²) in [6.45, 7) is 6.73. The van der Waals surface area contributed by atoms with Gasteiger partial charge in [-0.1, -0.05) is 63.2 Å². The Labute approximate surface area is 326 Å². The van der Waals surface area contributed by atoms with Gasteiger partial charge in [0.05, 0.1) is 16.9 Å². The van der Waals surface area contributed by atoms with Crippen LogP contribution in [0.1, 0.15) is 49.5 Å². The highest BCUT2D eigenvalue weighted by atomic mass is 32.2. The van der Waals surface area contributed by atoms with Crippen LogP contribution in [-0.4, -0.2) is 75.5 Å². The Hall–Kier alpha value is -5.41. The molecule has 3 amide bonds. The van der Waals surface area contributed by atoms with Crippen LogP contribution in [0, 0.1) is 15.5 Å². The highest BCUT2D eigenvalue weighted by Gasteiger charge is 2.26. The standard InChI is InChI=1S/C40H47N5O8S2/c1-40(2,3)26-41-37(46)21-13-27-12-19-33(36(22-27)53-6)28-14-16-29(17-15-28)39(48)43-55(51,52)32-18-20-34(35(24-32)45(49)50)42-30(23-38(47)44(4)5)25-54-31-10-8-7-9-11-31/h7-12,14-20,22,24,30,42H,13,21,23,25-26H2,1-6H3,(H,41,46)(H,43,48)/t30-/m1/s1. The number of benzene rings is 4. The molecule has 55 heavy (non-hydrogen) atoms. The lowest BCUT2D eigenvalue weighted by molar-refractivity contribution is -0.384. The number of nitro groups is 1. The summed E-state index contributed by atoms with van der Waals surface area (Å²) in [5.41, 5.74) is 1.88. The van der Waals surface area contributed by atoms with Gasteiger partial charge in [-0.25, -0.2) is 13.1 Å². The van der Waals surface area contributed by atoms with E-state index >= 15 is 0 Å². The van der Waals surface area contributed by atoms with E-state index in [2.05, 4.69) is 31.4 Å². The third-order valence-corrected chi connectivity index (χ3v) is 10.9. The molecule has 0 radical (unpaired) electrons. The fraction of sp³-hybridized carbons (Fsp3) is 0.325. The largest absolute Gasteiger partial charge is 0.496 e. The van der Waals surface area contributed by atoms with Crippen LogP contribution in [0.3, 0.4) is 0 Å². The molecule has 0 heterocycles. The third kappa shape index (κ3) is 12.6. The molecule has 0 aliphatic rings. The zero-order valence-electron chi connectivity index (χ0n) is 31.8. The Bertz CT molecular complexity index is 2100. The van der Waals surface area contributed by atoms with Crippen LogP contribution in [-0.2, 0) is 26.0 Å². The number of anilines is 1. The quantitative estimate of drug-likeness (QED) is 0.0605. The van der Waals surface area contributed by atoms with Crippen molar-refractivity contribution >= 4 is 50.9 Å². The van der Waals surface area contributed by atoms with E-state index in [1.54, 1.807) is 26.2 Å². The second-order valence-corrected chi connectivity index (χ2v) is 17.1. The molecule has 13 nitrogen and oxygen atoms in total. The van der Waals surface area contributed by atoms with E-state index in [0.717, 1.165) is 28.2 Å². The topological polar surface area (TPSA) is 177 Å². The first-order valence-corrected chi connectivity index (χ1v) is 20.0. The predicted octanol–water partition coefficient (Wildman–Crippen LogP) is 6.54. The number of ether oxygens (including phenoxy) is 1. The average Bonchev–Trinajstić information content (AvgIpc) is 3.15. The number of thioether (sulfide) groups is 1. The molecule has 0 spiro atoms. The van der Waals surface area contributed by atoms with Gasteiger partial charge in [-0.2, -0.15) is 0 Å². The van der Waals surface area contributed by atoms with Crippen molar-refractivity contribution < 1.29 is 32.5 Å². The summed E-state index contributed by atoms with van der Waals surface area (Å²) >= 11 is 1.47. The van der Waals surface area contributed by atoms with Crippen LogP contribution in [0.4, 0.5) is 11.4 Å². The highest BCUT2D eigenvalue weighted by molar-refractivity contribution is 7.99. The number of methoxy groups -OCH3 is 1. The first-order valence-electron chi connectivity index (χ1n) is 17.5. The van der Waals surface area contributed by atoms with Gasteiger partial charge in [0.2, 0.25) is 11.8 Å². The minimum absolute atomic E-state index is 0.0116. The van der Waals surface area contributed by atoms with Gasteiger partial charge in [-0.05, 0) is 65.4 Å². The molecule has 15 heteroatoms. The van der Waals surface area contributed by atoms with Crippen molar-refractivity contribution in [3.8, 4) is 16.9 Å². The molecule has 4 aromatic rings. The number of sulfonamides is 1. The van der Waals surface area contributed by atoms with E-state index < -0.39 is 37.5 Å². The molecule has 0 aliphatic heterocycles. The molecule has 292 valence electrons. The summed E-state index contributed by atoms with van der Waals surface area (Å²) in [4.78, 5) is 51.3. The smallest absolute Gasteiger partial charge is 0.293 e. The normalized spacial score (nSPS) is 12.0. The lowest BCUT2D eigenvalue weighted by Crippen LogP contribution is -2.32. The monoisotopic (exact) mass is 789 g/mol. The van der Waals surface area contributed by atoms with Gasteiger partial charge in [0.1, 0.15) is 11.4 Å². The van der Waals surface area contributed by atoms with E-state index in [0.29, 0.717) is 36.5 Å². The third-order valence-electron chi connectivity index (χ3n) is 8.36. The molecule has 0 bridgehead atoms. The molecule has 0 fully saturated rings. The maximum atomic E-state index is 13.3. The Morgan fingerprint density at radius 3 is 2.25 bits per heavy atom. The molecule has 0 aliphatic carbocycles. The van der Waals surface area contributed by atoms with Crippen molar-refractivity contribution in [2.24, 2.45) is 5.41 Å². The number of nitro benzene ring substituents is 1. The van der Waals surface area contributed by atoms with E-state index in [-0.39, 0.29) is 34.9 Å². The SMILES string of the molecule is COc1cc(CCC(=O)NCC(C)(C)C)ccc1-c1ccc(C(=O)NS(=O)(=O)c2ccc(N[C@@H](CSc3ccccc3)CC(=O)N(C)C)c([N+](=O)[O-])c2)cc1. The maximum Gasteiger partial charge on any atom is 0.293 e. The number of carbonyl (C=O) groups excluding carboxylic acids is 3. The van der Waals surface area contributed by atoms with Crippen molar-refractivity contribution in [1.82, 2.24) is 14.9 Å². The second kappa shape index (κ2) is 18.8. The van der Waals surface area contributed by atoms with E-state index in [1.807, 2.05) is 53.3 Å². The molecule has 1 atom stereocenters. The minimum atomic E-state index is -4.53. The number of nitrogens with zero attached hydrogens (tertiary/aromatic N) is 2. The second-order valence-electron chi connectivity index (χ2n) is 14.3. The van der Waals surface area contributed by atoms with Crippen molar-refractivity contribution in [2.45, 2.75) is 55.9 Å². The number of rotatable bonds is 17. The van der Waals surface area contributed by atoms with Crippen molar-refractivity contribution in [2.75, 3.05) is 38.8 Å². The Kier molecular flexibility index (Phi) is 14.4. The number of amides is 3. The van der Waals surface area contributed by atoms with E-state index in [4.69, 9.17) is 4.74 Å². The van der Waals surface area contributed by atoms with Gasteiger partial charge in [0, 0.05) is 67.4 Å². The fourth-order valence-electron chi connectivity index (χ4n) is 5.31. The summed E-state index contributed by atoms with van der Waals surface area (Å²) in [5, 5.41) is 18.1. The lowest BCUT2D eigenvalue weighted by Gasteiger charge is -2.21. The number of nitrogens with one attached hydrogen (secondary N) is 3. The zero-order valence-corrected chi connectivity index (χ0v) is 33.4. The van der Waals surface area contributed by atoms with E-state index in [1.165, 1.54) is 42.0 Å². The number of aryl methyl sites for hydroxylation is 1. The summed E-state index contributed by atoms with van der Waals surface area (Å²) < 4.78 is 34.2. The van der Waals surface area contributed by atoms with E-state index in [9.17, 15) is 32.9 Å². The summed E-state index contributed by atoms with van der Waals surface area (Å²) in [5.74, 6) is -0.189. The van der Waals surface area contributed by atoms with Crippen molar-refractivity contribution in [3.05, 3.63) is 112 Å². The Balaban J connectivity index is 1.46. The Morgan fingerprint density at radius 2 is 1.64 bits per heavy atom. The predicted molar refractivity (Wildman–Crippen MR) is 215 cm³/mol. The van der Waals surface area contributed by atoms with Crippen LogP contribution >= 0.6 is 11.8 Å². The summed E-state index contributed by atoms with van der Waals surface area (Å²) in [7, 11) is 0.237. The average molecular weight is 790 g/mol. The fourth-order valence-corrected chi connectivity index (χ4v) is 7.25. The highest BCUT2D eigenvalue weighted by Crippen LogP contribution is 2.33. The number of carbonyl (C=O) groups is 3. The molecule has 0 saturated carbocycles. The van der Waals surface area contributed by atoms with Crippen molar-refractivity contribution in [3.63, 3.8) is 0 Å². The van der Waals surface area contributed by atoms with Gasteiger partial charge >= 0.3 is 0 Å².